The standard InChI is InChI=1S/C13H18N2O4S/c1-14-10-3-2-4-13(9-10)20(18,19)12-7-5-11(6-8-12)15(16)17/h5-8,10,13-14H,2-4,9H2,1H3. The van der Waals surface area contributed by atoms with Gasteiger partial charge in [-0.3, -0.25) is 10.1 Å². The summed E-state index contributed by atoms with van der Waals surface area (Å²) in [5, 5.41) is 13.3. The lowest BCUT2D eigenvalue weighted by Gasteiger charge is -2.28. The van der Waals surface area contributed by atoms with Gasteiger partial charge in [-0.05, 0) is 38.4 Å². The minimum absolute atomic E-state index is 0.0966. The summed E-state index contributed by atoms with van der Waals surface area (Å²) in [6, 6.07) is 5.37. The third-order valence-corrected chi connectivity index (χ3v) is 6.08. The Bertz CT molecular complexity index is 583. The van der Waals surface area contributed by atoms with E-state index in [2.05, 4.69) is 5.32 Å². The van der Waals surface area contributed by atoms with E-state index in [0.29, 0.717) is 12.8 Å². The maximum absolute atomic E-state index is 12.5. The highest BCUT2D eigenvalue weighted by Crippen LogP contribution is 2.29. The Morgan fingerprint density at radius 1 is 1.25 bits per heavy atom. The molecule has 1 aromatic carbocycles. The fraction of sp³-hybridized carbons (Fsp3) is 0.538. The topological polar surface area (TPSA) is 89.3 Å². The number of nitrogens with zero attached hydrogens (tertiary/aromatic N) is 1. The van der Waals surface area contributed by atoms with Gasteiger partial charge in [0.2, 0.25) is 0 Å². The van der Waals surface area contributed by atoms with Gasteiger partial charge in [0.25, 0.3) is 5.69 Å². The van der Waals surface area contributed by atoms with Crippen molar-refractivity contribution in [2.45, 2.75) is 41.9 Å². The Balaban J connectivity index is 2.23. The van der Waals surface area contributed by atoms with Gasteiger partial charge in [0.15, 0.2) is 9.84 Å². The molecule has 0 aromatic heterocycles. The van der Waals surface area contributed by atoms with E-state index in [0.717, 1.165) is 12.8 Å². The lowest BCUT2D eigenvalue weighted by Crippen LogP contribution is -2.37. The van der Waals surface area contributed by atoms with Crippen molar-refractivity contribution in [3.63, 3.8) is 0 Å². The second-order valence-electron chi connectivity index (χ2n) is 5.07. The first-order chi connectivity index (χ1) is 9.45. The van der Waals surface area contributed by atoms with Crippen LogP contribution in [-0.2, 0) is 9.84 Å². The SMILES string of the molecule is CNC1CCCC(S(=O)(=O)c2ccc([N+](=O)[O-])cc2)C1. The van der Waals surface area contributed by atoms with Gasteiger partial charge < -0.3 is 5.32 Å². The first-order valence-electron chi connectivity index (χ1n) is 6.60. The van der Waals surface area contributed by atoms with Gasteiger partial charge in [0, 0.05) is 18.2 Å². The number of non-ortho nitro benzene ring substituents is 1. The van der Waals surface area contributed by atoms with Crippen LogP contribution in [0.1, 0.15) is 25.7 Å². The lowest BCUT2D eigenvalue weighted by atomic mass is 9.95. The number of nitro groups is 1. The number of hydrogen-bond donors (Lipinski definition) is 1. The van der Waals surface area contributed by atoms with Crippen LogP contribution in [0.5, 0.6) is 0 Å². The van der Waals surface area contributed by atoms with Crippen molar-refractivity contribution in [1.82, 2.24) is 5.32 Å². The predicted molar refractivity (Wildman–Crippen MR) is 75.4 cm³/mol. The van der Waals surface area contributed by atoms with Crippen molar-refractivity contribution in [3.8, 4) is 0 Å². The number of nitrogens with one attached hydrogen (secondary N) is 1. The molecule has 7 heteroatoms. The number of benzene rings is 1. The molecule has 1 aliphatic rings. The van der Waals surface area contributed by atoms with E-state index in [-0.39, 0.29) is 16.6 Å². The quantitative estimate of drug-likeness (QED) is 0.677. The van der Waals surface area contributed by atoms with Crippen molar-refractivity contribution in [2.75, 3.05) is 7.05 Å². The number of hydrogen-bond acceptors (Lipinski definition) is 5. The molecule has 0 radical (unpaired) electrons. The monoisotopic (exact) mass is 298 g/mol. The summed E-state index contributed by atoms with van der Waals surface area (Å²) < 4.78 is 25.1. The molecular weight excluding hydrogens is 280 g/mol. The molecule has 0 saturated heterocycles. The zero-order chi connectivity index (χ0) is 14.8. The molecule has 1 saturated carbocycles. The fourth-order valence-electron chi connectivity index (χ4n) is 2.64. The second-order valence-corrected chi connectivity index (χ2v) is 7.30. The lowest BCUT2D eigenvalue weighted by molar-refractivity contribution is -0.384. The van der Waals surface area contributed by atoms with Crippen LogP contribution in [0.2, 0.25) is 0 Å². The summed E-state index contributed by atoms with van der Waals surface area (Å²) in [6.07, 6.45) is 3.11. The van der Waals surface area contributed by atoms with Crippen molar-refractivity contribution < 1.29 is 13.3 Å². The Hall–Kier alpha value is -1.47. The van der Waals surface area contributed by atoms with Crippen LogP contribution in [0.15, 0.2) is 29.2 Å². The molecule has 20 heavy (non-hydrogen) atoms. The zero-order valence-electron chi connectivity index (χ0n) is 11.3. The number of nitro benzene ring substituents is 1. The Morgan fingerprint density at radius 2 is 1.90 bits per heavy atom. The third-order valence-electron chi connectivity index (χ3n) is 3.85. The summed E-state index contributed by atoms with van der Waals surface area (Å²) in [4.78, 5) is 10.2. The molecule has 0 spiro atoms. The van der Waals surface area contributed by atoms with Crippen molar-refractivity contribution in [2.24, 2.45) is 0 Å². The minimum atomic E-state index is -3.41. The normalized spacial score (nSPS) is 23.4. The van der Waals surface area contributed by atoms with Crippen LogP contribution in [0.4, 0.5) is 5.69 Å². The molecule has 2 rings (SSSR count). The first kappa shape index (κ1) is 14.9. The summed E-state index contributed by atoms with van der Waals surface area (Å²) in [5.41, 5.74) is -0.0966. The number of sulfone groups is 1. The van der Waals surface area contributed by atoms with E-state index in [1.165, 1.54) is 24.3 Å². The Labute approximate surface area is 118 Å². The van der Waals surface area contributed by atoms with Gasteiger partial charge in [0.05, 0.1) is 15.1 Å². The second kappa shape index (κ2) is 5.88. The van der Waals surface area contributed by atoms with Crippen LogP contribution < -0.4 is 5.32 Å². The molecule has 2 unspecified atom stereocenters. The van der Waals surface area contributed by atoms with Gasteiger partial charge in [-0.15, -0.1) is 0 Å². The molecule has 6 nitrogen and oxygen atoms in total. The maximum Gasteiger partial charge on any atom is 0.269 e. The largest absolute Gasteiger partial charge is 0.317 e. The number of rotatable bonds is 4. The van der Waals surface area contributed by atoms with E-state index >= 15 is 0 Å². The fourth-order valence-corrected chi connectivity index (χ4v) is 4.50. The van der Waals surface area contributed by atoms with E-state index in [9.17, 15) is 18.5 Å². The van der Waals surface area contributed by atoms with Gasteiger partial charge in [-0.2, -0.15) is 0 Å². The average Bonchev–Trinajstić information content (AvgIpc) is 2.47. The van der Waals surface area contributed by atoms with Crippen LogP contribution in [0.25, 0.3) is 0 Å². The summed E-state index contributed by atoms with van der Waals surface area (Å²) >= 11 is 0. The van der Waals surface area contributed by atoms with E-state index in [1.54, 1.807) is 0 Å². The smallest absolute Gasteiger partial charge is 0.269 e. The van der Waals surface area contributed by atoms with Crippen LogP contribution in [-0.4, -0.2) is 31.7 Å². The molecular formula is C13H18N2O4S. The maximum atomic E-state index is 12.5. The summed E-state index contributed by atoms with van der Waals surface area (Å²) in [7, 11) is -1.57. The molecule has 0 aliphatic heterocycles. The van der Waals surface area contributed by atoms with E-state index in [1.807, 2.05) is 7.05 Å². The Kier molecular flexibility index (Phi) is 4.39. The minimum Gasteiger partial charge on any atom is -0.317 e. The summed E-state index contributed by atoms with van der Waals surface area (Å²) in [5.74, 6) is 0. The van der Waals surface area contributed by atoms with Crippen LogP contribution in [0, 0.1) is 10.1 Å². The molecule has 2 atom stereocenters. The van der Waals surface area contributed by atoms with Crippen molar-refractivity contribution in [3.05, 3.63) is 34.4 Å². The van der Waals surface area contributed by atoms with Gasteiger partial charge in [0.1, 0.15) is 0 Å². The highest BCUT2D eigenvalue weighted by molar-refractivity contribution is 7.92. The highest BCUT2D eigenvalue weighted by Gasteiger charge is 2.32. The molecule has 110 valence electrons. The molecule has 0 bridgehead atoms. The zero-order valence-corrected chi connectivity index (χ0v) is 12.1. The van der Waals surface area contributed by atoms with Crippen molar-refractivity contribution in [1.29, 1.82) is 0 Å². The first-order valence-corrected chi connectivity index (χ1v) is 8.15. The molecule has 1 N–H and O–H groups in total. The van der Waals surface area contributed by atoms with Crippen LogP contribution in [0.3, 0.4) is 0 Å². The van der Waals surface area contributed by atoms with Crippen LogP contribution >= 0.6 is 0 Å². The molecule has 1 aromatic rings. The van der Waals surface area contributed by atoms with E-state index in [4.69, 9.17) is 0 Å². The molecule has 1 fully saturated rings. The van der Waals surface area contributed by atoms with Gasteiger partial charge in [-0.25, -0.2) is 8.42 Å². The van der Waals surface area contributed by atoms with Gasteiger partial charge in [-0.1, -0.05) is 6.42 Å². The highest BCUT2D eigenvalue weighted by atomic mass is 32.2. The third kappa shape index (κ3) is 2.99. The van der Waals surface area contributed by atoms with Gasteiger partial charge >= 0.3 is 0 Å². The predicted octanol–water partition coefficient (Wildman–Crippen LogP) is 1.90. The Morgan fingerprint density at radius 3 is 2.45 bits per heavy atom. The van der Waals surface area contributed by atoms with Crippen molar-refractivity contribution >= 4 is 15.5 Å². The molecule has 0 amide bonds. The average molecular weight is 298 g/mol. The molecule has 0 heterocycles. The summed E-state index contributed by atoms with van der Waals surface area (Å²) in [6.45, 7) is 0. The molecule has 1 aliphatic carbocycles. The van der Waals surface area contributed by atoms with E-state index < -0.39 is 20.0 Å².